The highest BCUT2D eigenvalue weighted by Crippen LogP contribution is 2.49. The zero-order chi connectivity index (χ0) is 24.5. The van der Waals surface area contributed by atoms with Crippen LogP contribution in [0.5, 0.6) is 0 Å². The van der Waals surface area contributed by atoms with E-state index in [1.165, 1.54) is 11.1 Å². The number of carboxylic acids is 1. The van der Waals surface area contributed by atoms with Crippen LogP contribution in [0.15, 0.2) is 48.5 Å². The van der Waals surface area contributed by atoms with Gasteiger partial charge in [-0.1, -0.05) is 55.5 Å². The highest BCUT2D eigenvalue weighted by atomic mass is 16.5. The van der Waals surface area contributed by atoms with Crippen molar-refractivity contribution in [2.75, 3.05) is 6.61 Å². The number of fused-ring (bicyclic) bond motifs is 5. The second-order valence-corrected chi connectivity index (χ2v) is 10.1. The molecule has 2 aromatic rings. The number of alkyl carbamates (subject to hydrolysis) is 1. The quantitative estimate of drug-likeness (QED) is 0.527. The lowest BCUT2D eigenvalue weighted by Crippen LogP contribution is -2.51. The van der Waals surface area contributed by atoms with Gasteiger partial charge >= 0.3 is 12.1 Å². The number of amides is 2. The van der Waals surface area contributed by atoms with E-state index < -0.39 is 18.1 Å². The van der Waals surface area contributed by atoms with E-state index in [4.69, 9.17) is 9.84 Å². The average molecular weight is 477 g/mol. The van der Waals surface area contributed by atoms with Crippen molar-refractivity contribution in [1.82, 2.24) is 10.6 Å². The fourth-order valence-electron chi connectivity index (χ4n) is 6.46. The van der Waals surface area contributed by atoms with Crippen LogP contribution >= 0.6 is 0 Å². The van der Waals surface area contributed by atoms with Crippen LogP contribution < -0.4 is 10.6 Å². The zero-order valence-corrected chi connectivity index (χ0v) is 19.9. The molecule has 7 heteroatoms. The number of benzene rings is 2. The Morgan fingerprint density at radius 2 is 1.63 bits per heavy atom. The molecule has 0 saturated heterocycles. The first kappa shape index (κ1) is 23.4. The SMILES string of the molecule is CC[C@H](CC(=O)O)NC(=O)C1C2CCC(C2)C1NC(=O)OCC1c2ccccc2-c2ccccc21. The number of carbonyl (C=O) groups is 3. The second kappa shape index (κ2) is 9.72. The first-order valence-corrected chi connectivity index (χ1v) is 12.6. The first-order chi connectivity index (χ1) is 17.0. The lowest BCUT2D eigenvalue weighted by atomic mass is 9.83. The zero-order valence-electron chi connectivity index (χ0n) is 19.9. The molecule has 0 aromatic heterocycles. The van der Waals surface area contributed by atoms with Gasteiger partial charge in [-0.05, 0) is 59.8 Å². The number of carbonyl (C=O) groups excluding carboxylic acids is 2. The molecule has 2 saturated carbocycles. The van der Waals surface area contributed by atoms with E-state index in [0.717, 1.165) is 30.4 Å². The Hall–Kier alpha value is -3.35. The lowest BCUT2D eigenvalue weighted by Gasteiger charge is -2.31. The summed E-state index contributed by atoms with van der Waals surface area (Å²) in [7, 11) is 0. The van der Waals surface area contributed by atoms with E-state index in [0.29, 0.717) is 6.42 Å². The molecular weight excluding hydrogens is 444 g/mol. The first-order valence-electron chi connectivity index (χ1n) is 12.6. The van der Waals surface area contributed by atoms with E-state index in [1.54, 1.807) is 0 Å². The Bertz CT molecular complexity index is 1090. The van der Waals surface area contributed by atoms with Gasteiger partial charge in [-0.15, -0.1) is 0 Å². The van der Waals surface area contributed by atoms with Crippen molar-refractivity contribution in [3.05, 3.63) is 59.7 Å². The van der Waals surface area contributed by atoms with Crippen LogP contribution in [-0.2, 0) is 14.3 Å². The van der Waals surface area contributed by atoms with E-state index in [9.17, 15) is 14.4 Å². The van der Waals surface area contributed by atoms with Gasteiger partial charge < -0.3 is 20.5 Å². The predicted octanol–water partition coefficient (Wildman–Crippen LogP) is 4.31. The fourth-order valence-corrected chi connectivity index (χ4v) is 6.46. The van der Waals surface area contributed by atoms with Crippen LogP contribution in [0, 0.1) is 17.8 Å². The van der Waals surface area contributed by atoms with Crippen LogP contribution in [0.25, 0.3) is 11.1 Å². The Morgan fingerprint density at radius 3 is 2.26 bits per heavy atom. The molecule has 5 rings (SSSR count). The highest BCUT2D eigenvalue weighted by molar-refractivity contribution is 5.83. The summed E-state index contributed by atoms with van der Waals surface area (Å²) in [6, 6.07) is 15.7. The van der Waals surface area contributed by atoms with Crippen molar-refractivity contribution < 1.29 is 24.2 Å². The number of rotatable bonds is 8. The summed E-state index contributed by atoms with van der Waals surface area (Å²) >= 11 is 0. The van der Waals surface area contributed by atoms with Gasteiger partial charge in [0.1, 0.15) is 6.61 Å². The fraction of sp³-hybridized carbons (Fsp3) is 0.464. The Kier molecular flexibility index (Phi) is 6.50. The molecule has 2 fully saturated rings. The minimum Gasteiger partial charge on any atom is -0.481 e. The van der Waals surface area contributed by atoms with Crippen molar-refractivity contribution in [3.63, 3.8) is 0 Å². The number of aliphatic carboxylic acids is 1. The molecule has 0 heterocycles. The lowest BCUT2D eigenvalue weighted by molar-refractivity contribution is -0.138. The molecule has 3 aliphatic carbocycles. The predicted molar refractivity (Wildman–Crippen MR) is 131 cm³/mol. The maximum absolute atomic E-state index is 13.1. The molecule has 5 atom stereocenters. The van der Waals surface area contributed by atoms with Crippen LogP contribution in [-0.4, -0.2) is 41.8 Å². The van der Waals surface area contributed by atoms with Gasteiger partial charge in [0.25, 0.3) is 0 Å². The third-order valence-corrected chi connectivity index (χ3v) is 8.11. The molecule has 0 radical (unpaired) electrons. The monoisotopic (exact) mass is 476 g/mol. The molecule has 0 spiro atoms. The summed E-state index contributed by atoms with van der Waals surface area (Å²) in [5.74, 6) is -1.00. The van der Waals surface area contributed by atoms with Crippen LogP contribution in [0.1, 0.15) is 56.1 Å². The Labute approximate surface area is 205 Å². The third kappa shape index (κ3) is 4.51. The maximum Gasteiger partial charge on any atom is 0.407 e. The van der Waals surface area contributed by atoms with Crippen LogP contribution in [0.4, 0.5) is 4.79 Å². The standard InChI is InChI=1S/C28H32N2O5/c1-2-18(14-24(31)32)29-27(33)25-16-11-12-17(13-16)26(25)30-28(34)35-15-23-21-9-5-3-7-19(21)20-8-4-6-10-22(20)23/h3-10,16-18,23,25-26H,2,11-15H2,1H3,(H,29,33)(H,30,34)(H,31,32)/t16?,17?,18-,25?,26?/m1/s1. The molecule has 2 aromatic carbocycles. The average Bonchev–Trinajstić information content (AvgIpc) is 3.54. The minimum atomic E-state index is -0.932. The Balaban J connectivity index is 1.24. The van der Waals surface area contributed by atoms with Gasteiger partial charge in [0.2, 0.25) is 5.91 Å². The van der Waals surface area contributed by atoms with E-state index in [1.807, 2.05) is 31.2 Å². The minimum absolute atomic E-state index is 0.0198. The maximum atomic E-state index is 13.1. The van der Waals surface area contributed by atoms with Gasteiger partial charge in [-0.2, -0.15) is 0 Å². The number of carboxylic acid groups (broad SMARTS) is 1. The topological polar surface area (TPSA) is 105 Å². The van der Waals surface area contributed by atoms with Gasteiger partial charge in [-0.3, -0.25) is 9.59 Å². The van der Waals surface area contributed by atoms with Crippen LogP contribution in [0.2, 0.25) is 0 Å². The number of nitrogens with one attached hydrogen (secondary N) is 2. The van der Waals surface area contributed by atoms with Gasteiger partial charge in [-0.25, -0.2) is 4.79 Å². The van der Waals surface area contributed by atoms with Gasteiger partial charge in [0.15, 0.2) is 0 Å². The molecule has 7 nitrogen and oxygen atoms in total. The molecular formula is C28H32N2O5. The molecule has 3 N–H and O–H groups in total. The summed E-state index contributed by atoms with van der Waals surface area (Å²) in [4.78, 5) is 37.1. The van der Waals surface area contributed by atoms with E-state index >= 15 is 0 Å². The molecule has 2 amide bonds. The Morgan fingerprint density at radius 1 is 1.00 bits per heavy atom. The van der Waals surface area contributed by atoms with Crippen molar-refractivity contribution in [3.8, 4) is 11.1 Å². The third-order valence-electron chi connectivity index (χ3n) is 8.11. The summed E-state index contributed by atoms with van der Waals surface area (Å²) in [5, 5.41) is 15.0. The normalized spacial score (nSPS) is 24.9. The van der Waals surface area contributed by atoms with Crippen molar-refractivity contribution >= 4 is 18.0 Å². The van der Waals surface area contributed by atoms with Crippen molar-refractivity contribution in [1.29, 1.82) is 0 Å². The molecule has 2 bridgehead atoms. The molecule has 3 aliphatic rings. The van der Waals surface area contributed by atoms with Gasteiger partial charge in [0.05, 0.1) is 12.3 Å². The van der Waals surface area contributed by atoms with Crippen molar-refractivity contribution in [2.24, 2.45) is 17.8 Å². The smallest absolute Gasteiger partial charge is 0.407 e. The summed E-state index contributed by atoms with van der Waals surface area (Å²) in [6.07, 6.45) is 2.79. The molecule has 0 aliphatic heterocycles. The number of hydrogen-bond acceptors (Lipinski definition) is 4. The van der Waals surface area contributed by atoms with Gasteiger partial charge in [0, 0.05) is 18.0 Å². The van der Waals surface area contributed by atoms with Crippen LogP contribution in [0.3, 0.4) is 0 Å². The number of hydrogen-bond donors (Lipinski definition) is 3. The molecule has 184 valence electrons. The second-order valence-electron chi connectivity index (χ2n) is 10.1. The summed E-state index contributed by atoms with van der Waals surface area (Å²) in [6.45, 7) is 2.09. The summed E-state index contributed by atoms with van der Waals surface area (Å²) in [5.41, 5.74) is 4.66. The highest BCUT2D eigenvalue weighted by Gasteiger charge is 2.51. The molecule has 4 unspecified atom stereocenters. The largest absolute Gasteiger partial charge is 0.481 e. The van der Waals surface area contributed by atoms with E-state index in [2.05, 4.69) is 34.9 Å². The number of ether oxygens (including phenoxy) is 1. The summed E-state index contributed by atoms with van der Waals surface area (Å²) < 4.78 is 5.73. The van der Waals surface area contributed by atoms with Crippen molar-refractivity contribution in [2.45, 2.75) is 57.0 Å². The molecule has 35 heavy (non-hydrogen) atoms. The van der Waals surface area contributed by atoms with E-state index in [-0.39, 0.29) is 48.6 Å².